The zero-order valence-electron chi connectivity index (χ0n) is 15.2. The van der Waals surface area contributed by atoms with Gasteiger partial charge in [-0.2, -0.15) is 0 Å². The van der Waals surface area contributed by atoms with Crippen LogP contribution < -0.4 is 10.1 Å². The summed E-state index contributed by atoms with van der Waals surface area (Å²) in [4.78, 5) is 39.5. The molecule has 0 unspecified atom stereocenters. The van der Waals surface area contributed by atoms with Gasteiger partial charge in [-0.25, -0.2) is 4.79 Å². The van der Waals surface area contributed by atoms with E-state index in [1.165, 1.54) is 0 Å². The lowest BCUT2D eigenvalue weighted by Gasteiger charge is -2.33. The number of hydrogen-bond acceptors (Lipinski definition) is 4. The van der Waals surface area contributed by atoms with Crippen LogP contribution in [-0.4, -0.2) is 35.8 Å². The highest BCUT2D eigenvalue weighted by molar-refractivity contribution is 6.12. The molecule has 0 aromatic heterocycles. The maximum atomic E-state index is 13.2. The molecule has 0 bridgehead atoms. The van der Waals surface area contributed by atoms with E-state index >= 15 is 0 Å². The zero-order valence-corrected chi connectivity index (χ0v) is 15.2. The molecule has 1 spiro atoms. The average molecular weight is 364 g/mol. The van der Waals surface area contributed by atoms with Crippen LogP contribution in [0.1, 0.15) is 33.5 Å². The number of rotatable bonds is 3. The molecule has 2 heterocycles. The number of imide groups is 1. The van der Waals surface area contributed by atoms with E-state index in [1.54, 1.807) is 24.3 Å². The number of fused-ring (bicyclic) bond motifs is 2. The lowest BCUT2D eigenvalue weighted by Crippen LogP contribution is -2.47. The van der Waals surface area contributed by atoms with Crippen molar-refractivity contribution >= 4 is 17.7 Å². The summed E-state index contributed by atoms with van der Waals surface area (Å²) in [6.45, 7) is 3.84. The van der Waals surface area contributed by atoms with Crippen molar-refractivity contribution in [1.29, 1.82) is 0 Å². The van der Waals surface area contributed by atoms with Crippen molar-refractivity contribution in [2.75, 3.05) is 13.2 Å². The molecule has 2 aliphatic heterocycles. The SMILES string of the molecule is Cc1ccc(C(=O)CN2C(=O)N[C@]3(CCOc4ccccc43)C2=O)c(C)c1. The lowest BCUT2D eigenvalue weighted by atomic mass is 9.84. The van der Waals surface area contributed by atoms with Crippen LogP contribution in [0, 0.1) is 13.8 Å². The Morgan fingerprint density at radius 1 is 1.19 bits per heavy atom. The molecule has 1 saturated heterocycles. The van der Waals surface area contributed by atoms with E-state index in [9.17, 15) is 14.4 Å². The Morgan fingerprint density at radius 3 is 2.74 bits per heavy atom. The third-order valence-corrected chi connectivity index (χ3v) is 5.24. The summed E-state index contributed by atoms with van der Waals surface area (Å²) in [6, 6.07) is 12.1. The molecule has 0 radical (unpaired) electrons. The van der Waals surface area contributed by atoms with Crippen LogP contribution >= 0.6 is 0 Å². The van der Waals surface area contributed by atoms with Crippen molar-refractivity contribution in [3.05, 3.63) is 64.7 Å². The van der Waals surface area contributed by atoms with Gasteiger partial charge in [0.15, 0.2) is 11.3 Å². The topological polar surface area (TPSA) is 75.7 Å². The third kappa shape index (κ3) is 2.68. The van der Waals surface area contributed by atoms with Crippen LogP contribution in [0.3, 0.4) is 0 Å². The first-order valence-electron chi connectivity index (χ1n) is 8.89. The summed E-state index contributed by atoms with van der Waals surface area (Å²) in [5.74, 6) is -0.0743. The molecule has 2 aromatic rings. The number of ketones is 1. The second-order valence-corrected chi connectivity index (χ2v) is 7.06. The number of hydrogen-bond donors (Lipinski definition) is 1. The number of nitrogens with one attached hydrogen (secondary N) is 1. The normalized spacial score (nSPS) is 21.0. The van der Waals surface area contributed by atoms with E-state index in [0.29, 0.717) is 29.9 Å². The van der Waals surface area contributed by atoms with Crippen LogP contribution in [0.15, 0.2) is 42.5 Å². The van der Waals surface area contributed by atoms with Gasteiger partial charge in [-0.1, -0.05) is 42.0 Å². The Hall–Kier alpha value is -3.15. The van der Waals surface area contributed by atoms with Crippen molar-refractivity contribution < 1.29 is 19.1 Å². The maximum absolute atomic E-state index is 13.2. The standard InChI is InChI=1S/C21H20N2O4/c1-13-7-8-15(14(2)11-13)17(24)12-23-19(25)21(22-20(23)26)9-10-27-18-6-4-3-5-16(18)21/h3-8,11H,9-10,12H2,1-2H3,(H,22,26)/t21-/m0/s1. The molecule has 27 heavy (non-hydrogen) atoms. The van der Waals surface area contributed by atoms with Gasteiger partial charge in [0.1, 0.15) is 5.75 Å². The second kappa shape index (κ2) is 6.23. The number of carbonyl (C=O) groups excluding carboxylic acids is 3. The first-order valence-corrected chi connectivity index (χ1v) is 8.89. The van der Waals surface area contributed by atoms with Crippen molar-refractivity contribution in [2.24, 2.45) is 0 Å². The molecule has 0 saturated carbocycles. The van der Waals surface area contributed by atoms with Gasteiger partial charge in [0, 0.05) is 17.5 Å². The van der Waals surface area contributed by atoms with Gasteiger partial charge < -0.3 is 10.1 Å². The minimum Gasteiger partial charge on any atom is -0.493 e. The number of carbonyl (C=O) groups is 3. The average Bonchev–Trinajstić information content (AvgIpc) is 2.87. The van der Waals surface area contributed by atoms with Crippen LogP contribution in [-0.2, 0) is 10.3 Å². The van der Waals surface area contributed by atoms with Crippen LogP contribution in [0.25, 0.3) is 0 Å². The van der Waals surface area contributed by atoms with Crippen molar-refractivity contribution in [2.45, 2.75) is 25.8 Å². The van der Waals surface area contributed by atoms with E-state index in [2.05, 4.69) is 5.32 Å². The fraction of sp³-hybridized carbons (Fsp3) is 0.286. The molecular weight excluding hydrogens is 344 g/mol. The van der Waals surface area contributed by atoms with E-state index in [1.807, 2.05) is 32.0 Å². The van der Waals surface area contributed by atoms with E-state index < -0.39 is 17.5 Å². The molecule has 4 rings (SSSR count). The van der Waals surface area contributed by atoms with Crippen molar-refractivity contribution in [1.82, 2.24) is 10.2 Å². The number of amides is 3. The Morgan fingerprint density at radius 2 is 1.96 bits per heavy atom. The largest absolute Gasteiger partial charge is 0.493 e. The molecular formula is C21H20N2O4. The van der Waals surface area contributed by atoms with Crippen LogP contribution in [0.5, 0.6) is 5.75 Å². The smallest absolute Gasteiger partial charge is 0.325 e. The predicted molar refractivity (Wildman–Crippen MR) is 98.7 cm³/mol. The van der Waals surface area contributed by atoms with Crippen molar-refractivity contribution in [3.63, 3.8) is 0 Å². The molecule has 3 amide bonds. The first-order chi connectivity index (χ1) is 12.9. The fourth-order valence-corrected chi connectivity index (χ4v) is 3.87. The van der Waals surface area contributed by atoms with Gasteiger partial charge in [0.05, 0.1) is 13.2 Å². The monoisotopic (exact) mass is 364 g/mol. The quantitative estimate of drug-likeness (QED) is 0.671. The summed E-state index contributed by atoms with van der Waals surface area (Å²) in [7, 11) is 0. The third-order valence-electron chi connectivity index (χ3n) is 5.24. The van der Waals surface area contributed by atoms with Crippen LogP contribution in [0.2, 0.25) is 0 Å². The highest BCUT2D eigenvalue weighted by Crippen LogP contribution is 2.40. The van der Waals surface area contributed by atoms with E-state index in [0.717, 1.165) is 16.0 Å². The molecule has 6 nitrogen and oxygen atoms in total. The van der Waals surface area contributed by atoms with Gasteiger partial charge in [-0.15, -0.1) is 0 Å². The highest BCUT2D eigenvalue weighted by atomic mass is 16.5. The lowest BCUT2D eigenvalue weighted by molar-refractivity contribution is -0.132. The molecule has 1 N–H and O–H groups in total. The molecule has 2 aromatic carbocycles. The van der Waals surface area contributed by atoms with Crippen LogP contribution in [0.4, 0.5) is 4.79 Å². The number of para-hydroxylation sites is 1. The van der Waals surface area contributed by atoms with Crippen molar-refractivity contribution in [3.8, 4) is 5.75 Å². The Bertz CT molecular complexity index is 968. The molecule has 2 aliphatic rings. The Labute approximate surface area is 157 Å². The fourth-order valence-electron chi connectivity index (χ4n) is 3.87. The molecule has 1 atom stereocenters. The summed E-state index contributed by atoms with van der Waals surface area (Å²) in [6.07, 6.45) is 0.336. The minimum absolute atomic E-state index is 0.256. The zero-order chi connectivity index (χ0) is 19.2. The van der Waals surface area contributed by atoms with E-state index in [-0.39, 0.29) is 12.3 Å². The summed E-state index contributed by atoms with van der Waals surface area (Å²) >= 11 is 0. The Balaban J connectivity index is 1.64. The van der Waals surface area contributed by atoms with E-state index in [4.69, 9.17) is 4.74 Å². The summed E-state index contributed by atoms with van der Waals surface area (Å²) in [5, 5.41) is 2.81. The maximum Gasteiger partial charge on any atom is 0.325 e. The van der Waals surface area contributed by atoms with Gasteiger partial charge in [-0.05, 0) is 25.5 Å². The molecule has 0 aliphatic carbocycles. The number of nitrogens with zero attached hydrogens (tertiary/aromatic N) is 1. The summed E-state index contributed by atoms with van der Waals surface area (Å²) < 4.78 is 5.62. The van der Waals surface area contributed by atoms with Gasteiger partial charge >= 0.3 is 6.03 Å². The Kier molecular flexibility index (Phi) is 3.98. The first kappa shape index (κ1) is 17.3. The number of aryl methyl sites for hydroxylation is 2. The minimum atomic E-state index is -1.16. The number of ether oxygens (including phenoxy) is 1. The molecule has 6 heteroatoms. The highest BCUT2D eigenvalue weighted by Gasteiger charge is 2.55. The predicted octanol–water partition coefficient (Wildman–Crippen LogP) is 2.72. The number of benzene rings is 2. The van der Waals surface area contributed by atoms with Gasteiger partial charge in [0.25, 0.3) is 5.91 Å². The summed E-state index contributed by atoms with van der Waals surface area (Å²) in [5.41, 5.74) is 1.88. The van der Waals surface area contributed by atoms with Gasteiger partial charge in [-0.3, -0.25) is 14.5 Å². The van der Waals surface area contributed by atoms with Gasteiger partial charge in [0.2, 0.25) is 0 Å². The number of urea groups is 1. The second-order valence-electron chi connectivity index (χ2n) is 7.06. The number of Topliss-reactive ketones (excluding diaryl/α,β-unsaturated/α-hetero) is 1. The molecule has 138 valence electrons. The molecule has 1 fully saturated rings.